The van der Waals surface area contributed by atoms with Crippen LogP contribution in [0.2, 0.25) is 0 Å². The zero-order valence-electron chi connectivity index (χ0n) is 19.1. The summed E-state index contributed by atoms with van der Waals surface area (Å²) in [5.74, 6) is -0.237. The number of Topliss-reactive ketones (excluding diaryl/α,β-unsaturated/α-hetero) is 1. The Hall–Kier alpha value is -3.80. The first-order valence-corrected chi connectivity index (χ1v) is 11.7. The van der Waals surface area contributed by atoms with Crippen LogP contribution in [-0.4, -0.2) is 28.3 Å². The van der Waals surface area contributed by atoms with Crippen molar-refractivity contribution in [1.82, 2.24) is 4.90 Å². The molecule has 0 saturated carbocycles. The average Bonchev–Trinajstić information content (AvgIpc) is 3.46. The van der Waals surface area contributed by atoms with Crippen molar-refractivity contribution in [2.24, 2.45) is 0 Å². The molecule has 6 heteroatoms. The van der Waals surface area contributed by atoms with Crippen molar-refractivity contribution in [3.63, 3.8) is 0 Å². The maximum atomic E-state index is 13.2. The van der Waals surface area contributed by atoms with E-state index in [-0.39, 0.29) is 17.9 Å². The van der Waals surface area contributed by atoms with Crippen molar-refractivity contribution in [3.05, 3.63) is 94.4 Å². The largest absolute Gasteiger partial charge is 0.507 e. The number of nitrogens with zero attached hydrogens (tertiary/aromatic N) is 1. The molecular weight excluding hydrogens is 430 g/mol. The fourth-order valence-electron chi connectivity index (χ4n) is 4.91. The van der Waals surface area contributed by atoms with Crippen LogP contribution in [0.1, 0.15) is 53.8 Å². The smallest absolute Gasteiger partial charge is 0.296 e. The summed E-state index contributed by atoms with van der Waals surface area (Å²) in [7, 11) is 0. The van der Waals surface area contributed by atoms with Gasteiger partial charge in [-0.1, -0.05) is 24.3 Å². The third kappa shape index (κ3) is 4.00. The molecule has 2 aliphatic rings. The molecule has 1 N–H and O–H groups in total. The zero-order chi connectivity index (χ0) is 23.7. The average molecular weight is 458 g/mol. The minimum absolute atomic E-state index is 0.0940. The van der Waals surface area contributed by atoms with Gasteiger partial charge < -0.3 is 19.2 Å². The zero-order valence-corrected chi connectivity index (χ0v) is 19.1. The van der Waals surface area contributed by atoms with Crippen LogP contribution >= 0.6 is 0 Å². The van der Waals surface area contributed by atoms with E-state index < -0.39 is 17.7 Å². The van der Waals surface area contributed by atoms with Crippen LogP contribution in [0.25, 0.3) is 5.76 Å². The monoisotopic (exact) mass is 457 g/mol. The third-order valence-electron chi connectivity index (χ3n) is 6.58. The van der Waals surface area contributed by atoms with Gasteiger partial charge in [-0.3, -0.25) is 9.59 Å². The number of hydrogen-bond acceptors (Lipinski definition) is 5. The summed E-state index contributed by atoms with van der Waals surface area (Å²) >= 11 is 0. The maximum Gasteiger partial charge on any atom is 0.296 e. The van der Waals surface area contributed by atoms with E-state index in [1.807, 2.05) is 49.4 Å². The van der Waals surface area contributed by atoms with Gasteiger partial charge in [0.2, 0.25) is 0 Å². The molecule has 2 heterocycles. The van der Waals surface area contributed by atoms with Crippen molar-refractivity contribution in [1.29, 1.82) is 0 Å². The van der Waals surface area contributed by atoms with Crippen LogP contribution in [-0.2, 0) is 29.0 Å². The van der Waals surface area contributed by atoms with E-state index in [9.17, 15) is 14.7 Å². The van der Waals surface area contributed by atoms with Crippen LogP contribution in [0.4, 0.5) is 0 Å². The summed E-state index contributed by atoms with van der Waals surface area (Å²) in [6.07, 6.45) is 5.78. The molecule has 1 amide bonds. The van der Waals surface area contributed by atoms with Crippen molar-refractivity contribution < 1.29 is 23.8 Å². The van der Waals surface area contributed by atoms with Crippen molar-refractivity contribution in [2.75, 3.05) is 6.61 Å². The Balaban J connectivity index is 1.61. The highest BCUT2D eigenvalue weighted by atomic mass is 16.5. The van der Waals surface area contributed by atoms with E-state index in [1.54, 1.807) is 12.1 Å². The lowest BCUT2D eigenvalue weighted by Gasteiger charge is -2.25. The van der Waals surface area contributed by atoms with Gasteiger partial charge in [0.15, 0.2) is 0 Å². The normalized spacial score (nSPS) is 19.3. The fourth-order valence-corrected chi connectivity index (χ4v) is 4.91. The number of furan rings is 1. The number of carbonyl (C=O) groups is 2. The lowest BCUT2D eigenvalue weighted by molar-refractivity contribution is -0.140. The highest BCUT2D eigenvalue weighted by Gasteiger charge is 2.46. The van der Waals surface area contributed by atoms with E-state index in [0.717, 1.165) is 25.7 Å². The number of carbonyl (C=O) groups excluding carboxylic acids is 2. The number of hydrogen-bond donors (Lipinski definition) is 1. The number of fused-ring (bicyclic) bond motifs is 1. The molecule has 1 atom stereocenters. The van der Waals surface area contributed by atoms with E-state index in [4.69, 9.17) is 9.15 Å². The standard InChI is InChI=1S/C28H27NO5/c1-2-33-22-13-11-19(12-14-22)25-24(27(31)28(32)29(25)17-23-8-5-15-34-23)26(30)21-10-9-18-6-3-4-7-20(18)16-21/h5,8-16,25,30H,2-4,6-7,17H2,1H3/b26-24-. The molecular formula is C28H27NO5. The molecule has 1 aliphatic carbocycles. The summed E-state index contributed by atoms with van der Waals surface area (Å²) in [5, 5.41) is 11.4. The number of aliphatic hydroxyl groups is 1. The minimum atomic E-state index is -0.739. The second-order valence-corrected chi connectivity index (χ2v) is 8.70. The van der Waals surface area contributed by atoms with Crippen molar-refractivity contribution >= 4 is 17.4 Å². The van der Waals surface area contributed by atoms with Crippen LogP contribution in [0.15, 0.2) is 70.9 Å². The number of ketones is 1. The van der Waals surface area contributed by atoms with Gasteiger partial charge in [-0.25, -0.2) is 0 Å². The summed E-state index contributed by atoms with van der Waals surface area (Å²) < 4.78 is 11.0. The molecule has 1 fully saturated rings. The molecule has 6 nitrogen and oxygen atoms in total. The lowest BCUT2D eigenvalue weighted by atomic mass is 9.88. The van der Waals surface area contributed by atoms with E-state index in [1.165, 1.54) is 22.3 Å². The molecule has 2 aromatic carbocycles. The number of ether oxygens (including phenoxy) is 1. The second-order valence-electron chi connectivity index (χ2n) is 8.70. The first-order chi connectivity index (χ1) is 16.6. The lowest BCUT2D eigenvalue weighted by Crippen LogP contribution is -2.29. The van der Waals surface area contributed by atoms with Gasteiger partial charge in [-0.15, -0.1) is 0 Å². The molecule has 1 aromatic heterocycles. The second kappa shape index (κ2) is 9.21. The molecule has 174 valence electrons. The quantitative estimate of drug-likeness (QED) is 0.313. The van der Waals surface area contributed by atoms with Crippen molar-refractivity contribution in [3.8, 4) is 5.75 Å². The Morgan fingerprint density at radius 3 is 2.53 bits per heavy atom. The van der Waals surface area contributed by atoms with Crippen LogP contribution < -0.4 is 4.74 Å². The molecule has 1 saturated heterocycles. The van der Waals surface area contributed by atoms with Crippen molar-refractivity contribution in [2.45, 2.75) is 45.2 Å². The molecule has 1 aliphatic heterocycles. The molecule has 1 unspecified atom stereocenters. The Morgan fingerprint density at radius 2 is 1.82 bits per heavy atom. The van der Waals surface area contributed by atoms with Gasteiger partial charge in [0.1, 0.15) is 17.3 Å². The minimum Gasteiger partial charge on any atom is -0.507 e. The van der Waals surface area contributed by atoms with E-state index >= 15 is 0 Å². The SMILES string of the molecule is CCOc1ccc(C2/C(=C(/O)c3ccc4c(c3)CCCC4)C(=O)C(=O)N2Cc2ccco2)cc1. The highest BCUT2D eigenvalue weighted by Crippen LogP contribution is 2.41. The number of amides is 1. The predicted molar refractivity (Wildman–Crippen MR) is 127 cm³/mol. The van der Waals surface area contributed by atoms with Gasteiger partial charge in [-0.2, -0.15) is 0 Å². The summed E-state index contributed by atoms with van der Waals surface area (Å²) in [6, 6.07) is 15.9. The molecule has 0 spiro atoms. The summed E-state index contributed by atoms with van der Waals surface area (Å²) in [4.78, 5) is 27.8. The summed E-state index contributed by atoms with van der Waals surface area (Å²) in [5.41, 5.74) is 3.85. The maximum absolute atomic E-state index is 13.2. The van der Waals surface area contributed by atoms with Gasteiger partial charge >= 0.3 is 0 Å². The van der Waals surface area contributed by atoms with Crippen LogP contribution in [0, 0.1) is 0 Å². The Bertz CT molecular complexity index is 1240. The fraction of sp³-hybridized carbons (Fsp3) is 0.286. The molecule has 3 aromatic rings. The highest BCUT2D eigenvalue weighted by molar-refractivity contribution is 6.46. The van der Waals surface area contributed by atoms with Gasteiger partial charge in [-0.05, 0) is 79.6 Å². The topological polar surface area (TPSA) is 80.0 Å². The van der Waals surface area contributed by atoms with Gasteiger partial charge in [0, 0.05) is 5.56 Å². The van der Waals surface area contributed by atoms with Gasteiger partial charge in [0.05, 0.1) is 31.0 Å². The number of rotatable bonds is 6. The molecule has 0 bridgehead atoms. The Morgan fingerprint density at radius 1 is 1.06 bits per heavy atom. The molecule has 34 heavy (non-hydrogen) atoms. The number of aryl methyl sites for hydroxylation is 2. The van der Waals surface area contributed by atoms with E-state index in [2.05, 4.69) is 0 Å². The summed E-state index contributed by atoms with van der Waals surface area (Å²) in [6.45, 7) is 2.57. The Kier molecular flexibility index (Phi) is 5.97. The third-order valence-corrected chi connectivity index (χ3v) is 6.58. The van der Waals surface area contributed by atoms with E-state index in [0.29, 0.717) is 29.2 Å². The number of aliphatic hydroxyl groups excluding tert-OH is 1. The Labute approximate surface area is 198 Å². The first kappa shape index (κ1) is 22.0. The van der Waals surface area contributed by atoms with Crippen LogP contribution in [0.3, 0.4) is 0 Å². The predicted octanol–water partition coefficient (Wildman–Crippen LogP) is 5.18. The number of benzene rings is 2. The molecule has 0 radical (unpaired) electrons. The molecule has 5 rings (SSSR count). The first-order valence-electron chi connectivity index (χ1n) is 11.7. The van der Waals surface area contributed by atoms with Gasteiger partial charge in [0.25, 0.3) is 11.7 Å². The number of likely N-dealkylation sites (tertiary alicyclic amines) is 1. The van der Waals surface area contributed by atoms with Crippen LogP contribution in [0.5, 0.6) is 5.75 Å².